The molecule has 0 aliphatic carbocycles. The minimum absolute atomic E-state index is 0.0263. The summed E-state index contributed by atoms with van der Waals surface area (Å²) in [6.45, 7) is 11.7. The predicted molar refractivity (Wildman–Crippen MR) is 88.5 cm³/mol. The first kappa shape index (κ1) is 18.1. The Hall–Kier alpha value is -0.910. The Labute approximate surface area is 129 Å². The quantitative estimate of drug-likeness (QED) is 0.814. The van der Waals surface area contributed by atoms with E-state index in [4.69, 9.17) is 0 Å². The van der Waals surface area contributed by atoms with Gasteiger partial charge in [-0.25, -0.2) is 13.1 Å². The van der Waals surface area contributed by atoms with E-state index in [2.05, 4.69) is 30.8 Å². The molecule has 0 amide bonds. The molecule has 1 aromatic carbocycles. The van der Waals surface area contributed by atoms with Crippen LogP contribution in [0.2, 0.25) is 0 Å². The van der Waals surface area contributed by atoms with Crippen LogP contribution in [0.1, 0.15) is 45.7 Å². The molecule has 0 aliphatic rings. The highest BCUT2D eigenvalue weighted by Gasteiger charge is 2.15. The molecule has 1 aromatic rings. The van der Waals surface area contributed by atoms with Crippen LogP contribution in [-0.4, -0.2) is 21.0 Å². The molecule has 0 bridgehead atoms. The summed E-state index contributed by atoms with van der Waals surface area (Å²) < 4.78 is 26.8. The van der Waals surface area contributed by atoms with Crippen LogP contribution in [0, 0.1) is 5.41 Å². The standard InChI is InChI=1S/C16H28N2O2S/c1-13(2)18-21(19,20)11-15-9-7-6-8-14(15)10-17-12-16(3,4)5/h6-9,13,17-18H,10-12H2,1-5H3. The van der Waals surface area contributed by atoms with Crippen LogP contribution in [0.25, 0.3) is 0 Å². The summed E-state index contributed by atoms with van der Waals surface area (Å²) in [5, 5.41) is 3.39. The maximum absolute atomic E-state index is 12.1. The van der Waals surface area contributed by atoms with Gasteiger partial charge in [0.2, 0.25) is 10.0 Å². The van der Waals surface area contributed by atoms with Gasteiger partial charge in [0.1, 0.15) is 0 Å². The fourth-order valence-corrected chi connectivity index (χ4v) is 3.54. The Morgan fingerprint density at radius 1 is 1.10 bits per heavy atom. The third-order valence-electron chi connectivity index (χ3n) is 2.85. The molecule has 1 rings (SSSR count). The highest BCUT2D eigenvalue weighted by Crippen LogP contribution is 2.14. The van der Waals surface area contributed by atoms with Crippen LogP contribution in [0.4, 0.5) is 0 Å². The second kappa shape index (κ2) is 7.38. The monoisotopic (exact) mass is 312 g/mol. The summed E-state index contributed by atoms with van der Waals surface area (Å²) in [7, 11) is -3.29. The van der Waals surface area contributed by atoms with Crippen molar-refractivity contribution in [2.75, 3.05) is 6.54 Å². The number of hydrogen-bond acceptors (Lipinski definition) is 3. The molecule has 0 saturated carbocycles. The zero-order valence-electron chi connectivity index (χ0n) is 13.7. The second-order valence-electron chi connectivity index (χ2n) is 6.96. The molecule has 0 aromatic heterocycles. The molecule has 0 fully saturated rings. The Balaban J connectivity index is 2.76. The summed E-state index contributed by atoms with van der Waals surface area (Å²) in [5.74, 6) is 0.0263. The van der Waals surface area contributed by atoms with Gasteiger partial charge in [0, 0.05) is 19.1 Å². The number of hydrogen-bond donors (Lipinski definition) is 2. The lowest BCUT2D eigenvalue weighted by molar-refractivity contribution is 0.379. The molecular weight excluding hydrogens is 284 g/mol. The van der Waals surface area contributed by atoms with Crippen molar-refractivity contribution >= 4 is 10.0 Å². The van der Waals surface area contributed by atoms with E-state index in [0.29, 0.717) is 6.54 Å². The summed E-state index contributed by atoms with van der Waals surface area (Å²) in [4.78, 5) is 0. The largest absolute Gasteiger partial charge is 0.312 e. The van der Waals surface area contributed by atoms with Crippen molar-refractivity contribution in [3.8, 4) is 0 Å². The zero-order chi connectivity index (χ0) is 16.1. The smallest absolute Gasteiger partial charge is 0.216 e. The first-order chi connectivity index (χ1) is 9.59. The molecule has 4 nitrogen and oxygen atoms in total. The summed E-state index contributed by atoms with van der Waals surface area (Å²) in [6.07, 6.45) is 0. The fraction of sp³-hybridized carbons (Fsp3) is 0.625. The van der Waals surface area contributed by atoms with E-state index in [9.17, 15) is 8.42 Å². The molecular formula is C16H28N2O2S. The molecule has 0 unspecified atom stereocenters. The number of sulfonamides is 1. The Morgan fingerprint density at radius 3 is 2.19 bits per heavy atom. The summed E-state index contributed by atoms with van der Waals surface area (Å²) in [5.41, 5.74) is 2.10. The first-order valence-corrected chi connectivity index (χ1v) is 9.02. The van der Waals surface area contributed by atoms with E-state index in [0.717, 1.165) is 17.7 Å². The van der Waals surface area contributed by atoms with Gasteiger partial charge < -0.3 is 5.32 Å². The predicted octanol–water partition coefficient (Wildman–Crippen LogP) is 2.65. The van der Waals surface area contributed by atoms with E-state index in [-0.39, 0.29) is 17.2 Å². The van der Waals surface area contributed by atoms with Gasteiger partial charge in [-0.2, -0.15) is 0 Å². The van der Waals surface area contributed by atoms with Gasteiger partial charge in [-0.3, -0.25) is 0 Å². The van der Waals surface area contributed by atoms with Gasteiger partial charge >= 0.3 is 0 Å². The van der Waals surface area contributed by atoms with Crippen molar-refractivity contribution in [1.29, 1.82) is 0 Å². The van der Waals surface area contributed by atoms with Crippen molar-refractivity contribution in [2.45, 2.75) is 53.0 Å². The van der Waals surface area contributed by atoms with Crippen LogP contribution in [0.3, 0.4) is 0 Å². The van der Waals surface area contributed by atoms with E-state index in [1.165, 1.54) is 0 Å². The zero-order valence-corrected chi connectivity index (χ0v) is 14.5. The molecule has 0 atom stereocenters. The van der Waals surface area contributed by atoms with E-state index < -0.39 is 10.0 Å². The molecule has 21 heavy (non-hydrogen) atoms. The van der Waals surface area contributed by atoms with Crippen molar-refractivity contribution in [2.24, 2.45) is 5.41 Å². The molecule has 5 heteroatoms. The SMILES string of the molecule is CC(C)NS(=O)(=O)Cc1ccccc1CNCC(C)(C)C. The lowest BCUT2D eigenvalue weighted by atomic mass is 9.97. The molecule has 0 heterocycles. The third kappa shape index (κ3) is 7.60. The number of nitrogens with one attached hydrogen (secondary N) is 2. The molecule has 0 saturated heterocycles. The minimum atomic E-state index is -3.29. The molecule has 2 N–H and O–H groups in total. The Morgan fingerprint density at radius 2 is 1.67 bits per heavy atom. The van der Waals surface area contributed by atoms with E-state index in [1.807, 2.05) is 38.1 Å². The maximum atomic E-state index is 12.1. The number of benzene rings is 1. The number of rotatable bonds is 7. The van der Waals surface area contributed by atoms with Crippen LogP contribution < -0.4 is 10.0 Å². The lowest BCUT2D eigenvalue weighted by Crippen LogP contribution is -2.32. The van der Waals surface area contributed by atoms with Crippen LogP contribution in [0.5, 0.6) is 0 Å². The maximum Gasteiger partial charge on any atom is 0.216 e. The van der Waals surface area contributed by atoms with E-state index >= 15 is 0 Å². The topological polar surface area (TPSA) is 58.2 Å². The average Bonchev–Trinajstić information content (AvgIpc) is 2.27. The van der Waals surface area contributed by atoms with Crippen molar-refractivity contribution in [3.63, 3.8) is 0 Å². The molecule has 0 radical (unpaired) electrons. The van der Waals surface area contributed by atoms with Crippen LogP contribution in [-0.2, 0) is 22.3 Å². The summed E-state index contributed by atoms with van der Waals surface area (Å²) in [6, 6.07) is 7.61. The lowest BCUT2D eigenvalue weighted by Gasteiger charge is -2.19. The molecule has 0 spiro atoms. The van der Waals surface area contributed by atoms with Gasteiger partial charge in [-0.1, -0.05) is 45.0 Å². The fourth-order valence-electron chi connectivity index (χ4n) is 2.05. The van der Waals surface area contributed by atoms with Crippen molar-refractivity contribution in [3.05, 3.63) is 35.4 Å². The highest BCUT2D eigenvalue weighted by molar-refractivity contribution is 7.88. The summed E-state index contributed by atoms with van der Waals surface area (Å²) >= 11 is 0. The molecule has 120 valence electrons. The van der Waals surface area contributed by atoms with Gasteiger partial charge in [-0.05, 0) is 30.4 Å². The third-order valence-corrected chi connectivity index (χ3v) is 4.37. The van der Waals surface area contributed by atoms with E-state index in [1.54, 1.807) is 0 Å². The van der Waals surface area contributed by atoms with Gasteiger partial charge in [0.15, 0.2) is 0 Å². The van der Waals surface area contributed by atoms with Gasteiger partial charge in [-0.15, -0.1) is 0 Å². The highest BCUT2D eigenvalue weighted by atomic mass is 32.2. The van der Waals surface area contributed by atoms with Gasteiger partial charge in [0.25, 0.3) is 0 Å². The Bertz CT molecular complexity index is 546. The molecule has 0 aliphatic heterocycles. The Kier molecular flexibility index (Phi) is 6.38. The van der Waals surface area contributed by atoms with Crippen molar-refractivity contribution < 1.29 is 8.42 Å². The van der Waals surface area contributed by atoms with Crippen molar-refractivity contribution in [1.82, 2.24) is 10.0 Å². The second-order valence-corrected chi connectivity index (χ2v) is 8.72. The van der Waals surface area contributed by atoms with Crippen LogP contribution >= 0.6 is 0 Å². The van der Waals surface area contributed by atoms with Gasteiger partial charge in [0.05, 0.1) is 5.75 Å². The van der Waals surface area contributed by atoms with Crippen LogP contribution in [0.15, 0.2) is 24.3 Å². The normalized spacial score (nSPS) is 12.9. The average molecular weight is 312 g/mol. The first-order valence-electron chi connectivity index (χ1n) is 7.36. The minimum Gasteiger partial charge on any atom is -0.312 e.